The Morgan fingerprint density at radius 3 is 2.71 bits per heavy atom. The van der Waals surface area contributed by atoms with Gasteiger partial charge in [-0.15, -0.1) is 0 Å². The second-order valence-electron chi connectivity index (χ2n) is 5.33. The van der Waals surface area contributed by atoms with Gasteiger partial charge in [0, 0.05) is 6.04 Å². The number of aryl methyl sites for hydroxylation is 1. The molecule has 0 saturated carbocycles. The number of hydrogen-bond acceptors (Lipinski definition) is 1. The van der Waals surface area contributed by atoms with E-state index in [9.17, 15) is 23.1 Å². The third-order valence-corrected chi connectivity index (χ3v) is 3.88. The maximum atomic E-state index is 12.7. The summed E-state index contributed by atoms with van der Waals surface area (Å²) >= 11 is 0. The molecule has 1 atom stereocenters. The van der Waals surface area contributed by atoms with Gasteiger partial charge in [0.05, 0.1) is 11.3 Å². The lowest BCUT2D eigenvalue weighted by molar-refractivity contribution is -0.137. The van der Waals surface area contributed by atoms with Crippen LogP contribution in [0.4, 0.5) is 23.7 Å². The number of fused-ring (bicyclic) bond motifs is 1. The maximum Gasteiger partial charge on any atom is 0.416 e. The monoisotopic (exact) mass is 301 g/mol. The van der Waals surface area contributed by atoms with Gasteiger partial charge in [0.1, 0.15) is 0 Å². The van der Waals surface area contributed by atoms with Gasteiger partial charge >= 0.3 is 12.3 Å². The Labute approximate surface area is 121 Å². The van der Waals surface area contributed by atoms with E-state index in [1.807, 2.05) is 6.92 Å². The Morgan fingerprint density at radius 1 is 1.43 bits per heavy atom. The standard InChI is InChI=1S/C15H18F3NO2/c1-2-3-4-12-7-5-10-9-11(15(16,17)18)6-8-13(10)19(12)14(20)21/h6,8-9,12H,2-5,7H2,1H3,(H,20,21). The molecule has 0 radical (unpaired) electrons. The lowest BCUT2D eigenvalue weighted by Gasteiger charge is -2.35. The van der Waals surface area contributed by atoms with Crippen molar-refractivity contribution in [3.05, 3.63) is 29.3 Å². The van der Waals surface area contributed by atoms with E-state index >= 15 is 0 Å². The number of alkyl halides is 3. The highest BCUT2D eigenvalue weighted by Crippen LogP contribution is 2.37. The fraction of sp³-hybridized carbons (Fsp3) is 0.533. The number of anilines is 1. The largest absolute Gasteiger partial charge is 0.465 e. The Hall–Kier alpha value is -1.72. The molecule has 1 aromatic rings. The molecule has 1 heterocycles. The zero-order valence-electron chi connectivity index (χ0n) is 11.8. The summed E-state index contributed by atoms with van der Waals surface area (Å²) in [5, 5.41) is 9.39. The minimum Gasteiger partial charge on any atom is -0.465 e. The first kappa shape index (κ1) is 15.7. The van der Waals surface area contributed by atoms with Crippen LogP contribution in [-0.2, 0) is 12.6 Å². The average molecular weight is 301 g/mol. The highest BCUT2D eigenvalue weighted by atomic mass is 19.4. The highest BCUT2D eigenvalue weighted by molar-refractivity contribution is 5.88. The van der Waals surface area contributed by atoms with Crippen molar-refractivity contribution < 1.29 is 23.1 Å². The van der Waals surface area contributed by atoms with Crippen molar-refractivity contribution in [2.24, 2.45) is 0 Å². The second kappa shape index (κ2) is 5.95. The molecule has 1 aliphatic rings. The van der Waals surface area contributed by atoms with Crippen LogP contribution in [0.1, 0.15) is 43.7 Å². The van der Waals surface area contributed by atoms with Crippen LogP contribution in [0.2, 0.25) is 0 Å². The zero-order chi connectivity index (χ0) is 15.6. The van der Waals surface area contributed by atoms with E-state index < -0.39 is 17.8 Å². The predicted molar refractivity (Wildman–Crippen MR) is 73.6 cm³/mol. The Morgan fingerprint density at radius 2 is 2.14 bits per heavy atom. The zero-order valence-corrected chi connectivity index (χ0v) is 11.8. The summed E-state index contributed by atoms with van der Waals surface area (Å²) in [6, 6.07) is 3.16. The quantitative estimate of drug-likeness (QED) is 0.879. The van der Waals surface area contributed by atoms with Gasteiger partial charge in [-0.1, -0.05) is 19.8 Å². The molecule has 6 heteroatoms. The normalized spacial score (nSPS) is 18.5. The number of nitrogens with zero attached hydrogens (tertiary/aromatic N) is 1. The van der Waals surface area contributed by atoms with Crippen molar-refractivity contribution in [3.63, 3.8) is 0 Å². The number of rotatable bonds is 3. The molecule has 0 aliphatic carbocycles. The number of unbranched alkanes of at least 4 members (excludes halogenated alkanes) is 1. The molecule has 0 fully saturated rings. The van der Waals surface area contributed by atoms with E-state index in [2.05, 4.69) is 0 Å². The Bertz CT molecular complexity index is 528. The Kier molecular flexibility index (Phi) is 4.44. The van der Waals surface area contributed by atoms with Crippen LogP contribution in [0.25, 0.3) is 0 Å². The van der Waals surface area contributed by atoms with Crippen LogP contribution in [0.5, 0.6) is 0 Å². The predicted octanol–water partition coefficient (Wildman–Crippen LogP) is 4.69. The second-order valence-corrected chi connectivity index (χ2v) is 5.33. The van der Waals surface area contributed by atoms with Crippen LogP contribution < -0.4 is 4.90 Å². The number of hydrogen-bond donors (Lipinski definition) is 1. The summed E-state index contributed by atoms with van der Waals surface area (Å²) in [5.41, 5.74) is 0.126. The fourth-order valence-electron chi connectivity index (χ4n) is 2.82. The number of halogens is 3. The molecular weight excluding hydrogens is 283 g/mol. The molecule has 1 aliphatic heterocycles. The van der Waals surface area contributed by atoms with E-state index in [0.29, 0.717) is 24.1 Å². The van der Waals surface area contributed by atoms with Crippen LogP contribution in [0, 0.1) is 0 Å². The Balaban J connectivity index is 2.35. The summed E-state index contributed by atoms with van der Waals surface area (Å²) in [4.78, 5) is 12.7. The van der Waals surface area contributed by atoms with Gasteiger partial charge in [-0.3, -0.25) is 4.90 Å². The molecule has 1 amide bonds. The number of amides is 1. The van der Waals surface area contributed by atoms with E-state index in [1.165, 1.54) is 11.0 Å². The van der Waals surface area contributed by atoms with Crippen molar-refractivity contribution in [2.45, 2.75) is 51.2 Å². The number of carbonyl (C=O) groups is 1. The molecule has 1 N–H and O–H groups in total. The van der Waals surface area contributed by atoms with Gasteiger partial charge in [0.15, 0.2) is 0 Å². The molecule has 2 rings (SSSR count). The third kappa shape index (κ3) is 3.31. The SMILES string of the molecule is CCCCC1CCc2cc(C(F)(F)F)ccc2N1C(=O)O. The number of carboxylic acid groups (broad SMARTS) is 1. The molecular formula is C15H18F3NO2. The van der Waals surface area contributed by atoms with Gasteiger partial charge in [0.2, 0.25) is 0 Å². The summed E-state index contributed by atoms with van der Waals surface area (Å²) in [7, 11) is 0. The lowest BCUT2D eigenvalue weighted by atomic mass is 9.92. The summed E-state index contributed by atoms with van der Waals surface area (Å²) in [6.07, 6.45) is -1.84. The third-order valence-electron chi connectivity index (χ3n) is 3.88. The smallest absolute Gasteiger partial charge is 0.416 e. The summed E-state index contributed by atoms with van der Waals surface area (Å²) in [5.74, 6) is 0. The van der Waals surface area contributed by atoms with E-state index in [1.54, 1.807) is 0 Å². The van der Waals surface area contributed by atoms with E-state index in [-0.39, 0.29) is 6.04 Å². The minimum absolute atomic E-state index is 0.147. The van der Waals surface area contributed by atoms with Gasteiger partial charge in [0.25, 0.3) is 0 Å². The van der Waals surface area contributed by atoms with Crippen molar-refractivity contribution >= 4 is 11.8 Å². The fourth-order valence-corrected chi connectivity index (χ4v) is 2.82. The molecule has 3 nitrogen and oxygen atoms in total. The summed E-state index contributed by atoms with van der Waals surface area (Å²) in [6.45, 7) is 2.03. The van der Waals surface area contributed by atoms with Gasteiger partial charge in [-0.05, 0) is 43.0 Å². The molecule has 1 unspecified atom stereocenters. The van der Waals surface area contributed by atoms with Crippen molar-refractivity contribution in [1.82, 2.24) is 0 Å². The molecule has 0 spiro atoms. The van der Waals surface area contributed by atoms with Gasteiger partial charge in [-0.2, -0.15) is 13.2 Å². The maximum absolute atomic E-state index is 12.7. The molecule has 21 heavy (non-hydrogen) atoms. The van der Waals surface area contributed by atoms with Gasteiger partial charge in [-0.25, -0.2) is 4.79 Å². The summed E-state index contributed by atoms with van der Waals surface area (Å²) < 4.78 is 38.2. The molecule has 0 aromatic heterocycles. The first-order valence-corrected chi connectivity index (χ1v) is 7.07. The van der Waals surface area contributed by atoms with Crippen LogP contribution >= 0.6 is 0 Å². The topological polar surface area (TPSA) is 40.5 Å². The van der Waals surface area contributed by atoms with Crippen molar-refractivity contribution in [2.75, 3.05) is 4.90 Å². The van der Waals surface area contributed by atoms with Crippen LogP contribution in [-0.4, -0.2) is 17.2 Å². The van der Waals surface area contributed by atoms with E-state index in [0.717, 1.165) is 31.4 Å². The van der Waals surface area contributed by atoms with Crippen LogP contribution in [0.15, 0.2) is 18.2 Å². The average Bonchev–Trinajstić information content (AvgIpc) is 2.42. The van der Waals surface area contributed by atoms with Crippen molar-refractivity contribution in [3.8, 4) is 0 Å². The van der Waals surface area contributed by atoms with Crippen LogP contribution in [0.3, 0.4) is 0 Å². The van der Waals surface area contributed by atoms with E-state index in [4.69, 9.17) is 0 Å². The lowest BCUT2D eigenvalue weighted by Crippen LogP contribution is -2.43. The number of benzene rings is 1. The molecule has 0 saturated heterocycles. The van der Waals surface area contributed by atoms with Crippen molar-refractivity contribution in [1.29, 1.82) is 0 Å². The first-order valence-electron chi connectivity index (χ1n) is 7.07. The molecule has 0 bridgehead atoms. The first-order chi connectivity index (χ1) is 9.84. The highest BCUT2D eigenvalue weighted by Gasteiger charge is 2.35. The van der Waals surface area contributed by atoms with Gasteiger partial charge < -0.3 is 5.11 Å². The molecule has 1 aromatic carbocycles. The minimum atomic E-state index is -4.40. The molecule has 116 valence electrons.